The highest BCUT2D eigenvalue weighted by Gasteiger charge is 2.31. The molecule has 0 aliphatic carbocycles. The monoisotopic (exact) mass is 442 g/mol. The number of benzene rings is 3. The van der Waals surface area contributed by atoms with Gasteiger partial charge in [0.25, 0.3) is 0 Å². The predicted molar refractivity (Wildman–Crippen MR) is 119 cm³/mol. The minimum atomic E-state index is -4.50. The van der Waals surface area contributed by atoms with E-state index in [1.54, 1.807) is 6.92 Å². The molecule has 0 bridgehead atoms. The van der Waals surface area contributed by atoms with Crippen molar-refractivity contribution in [2.45, 2.75) is 26.2 Å². The van der Waals surface area contributed by atoms with E-state index in [1.807, 2.05) is 65.6 Å². The summed E-state index contributed by atoms with van der Waals surface area (Å²) in [6.07, 6.45) is -4.50. The third kappa shape index (κ3) is 6.51. The molecule has 3 aromatic rings. The van der Waals surface area contributed by atoms with Crippen molar-refractivity contribution in [3.63, 3.8) is 0 Å². The standard InChI is InChI=1S/C25H25F3N2O2/c1-2-32-24(31)16-29-22-15-21(25(26,27)28)13-14-23(22)30(17-19-9-5-3-6-10-19)18-20-11-7-4-8-12-20/h3-15,29H,2,16-18H2,1H3. The Morgan fingerprint density at radius 2 is 1.47 bits per heavy atom. The molecule has 32 heavy (non-hydrogen) atoms. The van der Waals surface area contributed by atoms with Crippen LogP contribution in [0.5, 0.6) is 0 Å². The van der Waals surface area contributed by atoms with Crippen molar-refractivity contribution in [1.29, 1.82) is 0 Å². The average Bonchev–Trinajstić information content (AvgIpc) is 2.78. The van der Waals surface area contributed by atoms with Crippen molar-refractivity contribution < 1.29 is 22.7 Å². The van der Waals surface area contributed by atoms with Gasteiger partial charge < -0.3 is 15.0 Å². The van der Waals surface area contributed by atoms with Crippen molar-refractivity contribution in [3.05, 3.63) is 95.6 Å². The number of ether oxygens (including phenoxy) is 1. The zero-order valence-corrected chi connectivity index (χ0v) is 17.7. The first kappa shape index (κ1) is 23.2. The van der Waals surface area contributed by atoms with Gasteiger partial charge in [0.2, 0.25) is 0 Å². The van der Waals surface area contributed by atoms with Crippen molar-refractivity contribution in [1.82, 2.24) is 0 Å². The normalized spacial score (nSPS) is 11.1. The van der Waals surface area contributed by atoms with Crippen molar-refractivity contribution in [2.24, 2.45) is 0 Å². The fraction of sp³-hybridized carbons (Fsp3) is 0.240. The Labute approximate surface area is 185 Å². The molecule has 1 N–H and O–H groups in total. The van der Waals surface area contributed by atoms with Crippen LogP contribution in [0.15, 0.2) is 78.9 Å². The second kappa shape index (κ2) is 10.7. The molecule has 0 radical (unpaired) electrons. The highest BCUT2D eigenvalue weighted by Crippen LogP contribution is 2.36. The highest BCUT2D eigenvalue weighted by molar-refractivity contribution is 5.79. The van der Waals surface area contributed by atoms with Gasteiger partial charge in [0.05, 0.1) is 23.5 Å². The molecule has 0 aliphatic rings. The van der Waals surface area contributed by atoms with Crippen LogP contribution in [0.3, 0.4) is 0 Å². The molecule has 0 fully saturated rings. The van der Waals surface area contributed by atoms with Gasteiger partial charge in [-0.2, -0.15) is 13.2 Å². The summed E-state index contributed by atoms with van der Waals surface area (Å²) >= 11 is 0. The van der Waals surface area contributed by atoms with Crippen LogP contribution in [0.2, 0.25) is 0 Å². The highest BCUT2D eigenvalue weighted by atomic mass is 19.4. The van der Waals surface area contributed by atoms with E-state index in [1.165, 1.54) is 6.07 Å². The number of carbonyl (C=O) groups excluding carboxylic acids is 1. The Morgan fingerprint density at radius 3 is 1.97 bits per heavy atom. The summed E-state index contributed by atoms with van der Waals surface area (Å²) in [5.41, 5.74) is 2.03. The van der Waals surface area contributed by atoms with E-state index in [4.69, 9.17) is 4.74 Å². The van der Waals surface area contributed by atoms with Gasteiger partial charge in [0.1, 0.15) is 6.54 Å². The van der Waals surface area contributed by atoms with Crippen LogP contribution >= 0.6 is 0 Å². The molecule has 0 saturated heterocycles. The second-order valence-electron chi connectivity index (χ2n) is 7.22. The summed E-state index contributed by atoms with van der Waals surface area (Å²) in [5.74, 6) is -0.534. The predicted octanol–water partition coefficient (Wildman–Crippen LogP) is 5.89. The van der Waals surface area contributed by atoms with E-state index >= 15 is 0 Å². The molecule has 168 valence electrons. The van der Waals surface area contributed by atoms with Gasteiger partial charge in [-0.3, -0.25) is 4.79 Å². The van der Waals surface area contributed by atoms with Gasteiger partial charge in [0, 0.05) is 13.1 Å². The van der Waals surface area contributed by atoms with Gasteiger partial charge in [0.15, 0.2) is 0 Å². The number of halogens is 3. The number of esters is 1. The van der Waals surface area contributed by atoms with Gasteiger partial charge in [-0.25, -0.2) is 0 Å². The summed E-state index contributed by atoms with van der Waals surface area (Å²) in [6, 6.07) is 22.9. The van der Waals surface area contributed by atoms with E-state index in [0.29, 0.717) is 18.8 Å². The van der Waals surface area contributed by atoms with Crippen LogP contribution in [-0.2, 0) is 28.8 Å². The number of hydrogen-bond donors (Lipinski definition) is 1. The lowest BCUT2D eigenvalue weighted by atomic mass is 10.1. The first-order valence-electron chi connectivity index (χ1n) is 10.3. The van der Waals surface area contributed by atoms with Gasteiger partial charge >= 0.3 is 12.1 Å². The minimum Gasteiger partial charge on any atom is -0.465 e. The van der Waals surface area contributed by atoms with E-state index < -0.39 is 17.7 Å². The summed E-state index contributed by atoms with van der Waals surface area (Å²) in [5, 5.41) is 2.85. The molecule has 0 atom stereocenters. The number of rotatable bonds is 9. The number of carbonyl (C=O) groups is 1. The van der Waals surface area contributed by atoms with Crippen LogP contribution < -0.4 is 10.2 Å². The van der Waals surface area contributed by atoms with Gasteiger partial charge in [-0.1, -0.05) is 60.7 Å². The third-order valence-electron chi connectivity index (χ3n) is 4.83. The molecule has 4 nitrogen and oxygen atoms in total. The Bertz CT molecular complexity index is 967. The lowest BCUT2D eigenvalue weighted by Gasteiger charge is -2.28. The first-order chi connectivity index (χ1) is 15.4. The number of alkyl halides is 3. The second-order valence-corrected chi connectivity index (χ2v) is 7.22. The SMILES string of the molecule is CCOC(=O)CNc1cc(C(F)(F)F)ccc1N(Cc1ccccc1)Cc1ccccc1. The molecule has 0 unspecified atom stereocenters. The molecule has 0 aromatic heterocycles. The summed E-state index contributed by atoms with van der Waals surface area (Å²) in [6.45, 7) is 2.61. The first-order valence-corrected chi connectivity index (χ1v) is 10.3. The number of anilines is 2. The smallest absolute Gasteiger partial charge is 0.416 e. The Hall–Kier alpha value is -3.48. The summed E-state index contributed by atoms with van der Waals surface area (Å²) < 4.78 is 45.1. The lowest BCUT2D eigenvalue weighted by Crippen LogP contribution is -2.25. The molecular weight excluding hydrogens is 417 g/mol. The lowest BCUT2D eigenvalue weighted by molar-refractivity contribution is -0.141. The van der Waals surface area contributed by atoms with Crippen LogP contribution in [0, 0.1) is 0 Å². The number of nitrogens with one attached hydrogen (secondary N) is 1. The van der Waals surface area contributed by atoms with Gasteiger partial charge in [-0.15, -0.1) is 0 Å². The largest absolute Gasteiger partial charge is 0.465 e. The molecule has 0 heterocycles. The van der Waals surface area contributed by atoms with Crippen molar-refractivity contribution in [2.75, 3.05) is 23.4 Å². The van der Waals surface area contributed by atoms with Crippen LogP contribution in [0.1, 0.15) is 23.6 Å². The topological polar surface area (TPSA) is 41.6 Å². The minimum absolute atomic E-state index is 0.199. The number of nitrogens with zero attached hydrogens (tertiary/aromatic N) is 1. The zero-order chi connectivity index (χ0) is 23.0. The maximum absolute atomic E-state index is 13.4. The molecule has 7 heteroatoms. The Kier molecular flexibility index (Phi) is 7.76. The third-order valence-corrected chi connectivity index (χ3v) is 4.83. The van der Waals surface area contributed by atoms with E-state index in [-0.39, 0.29) is 18.8 Å². The van der Waals surface area contributed by atoms with E-state index in [9.17, 15) is 18.0 Å². The number of hydrogen-bond acceptors (Lipinski definition) is 4. The van der Waals surface area contributed by atoms with Crippen LogP contribution in [0.4, 0.5) is 24.5 Å². The maximum Gasteiger partial charge on any atom is 0.416 e. The molecular formula is C25H25F3N2O2. The molecule has 0 amide bonds. The van der Waals surface area contributed by atoms with E-state index in [0.717, 1.165) is 23.3 Å². The Balaban J connectivity index is 1.99. The average molecular weight is 442 g/mol. The summed E-state index contributed by atoms with van der Waals surface area (Å²) in [4.78, 5) is 13.8. The molecule has 0 spiro atoms. The molecule has 3 rings (SSSR count). The molecule has 0 saturated carbocycles. The fourth-order valence-corrected chi connectivity index (χ4v) is 3.34. The van der Waals surface area contributed by atoms with Gasteiger partial charge in [-0.05, 0) is 36.2 Å². The zero-order valence-electron chi connectivity index (χ0n) is 17.7. The maximum atomic E-state index is 13.4. The molecule has 3 aromatic carbocycles. The van der Waals surface area contributed by atoms with Crippen molar-refractivity contribution >= 4 is 17.3 Å². The van der Waals surface area contributed by atoms with Crippen molar-refractivity contribution in [3.8, 4) is 0 Å². The van der Waals surface area contributed by atoms with E-state index in [2.05, 4.69) is 5.32 Å². The Morgan fingerprint density at radius 1 is 0.906 bits per heavy atom. The van der Waals surface area contributed by atoms with Crippen LogP contribution in [0.25, 0.3) is 0 Å². The molecule has 0 aliphatic heterocycles. The fourth-order valence-electron chi connectivity index (χ4n) is 3.34. The van der Waals surface area contributed by atoms with Crippen LogP contribution in [-0.4, -0.2) is 19.1 Å². The summed E-state index contributed by atoms with van der Waals surface area (Å²) in [7, 11) is 0. The quantitative estimate of drug-likeness (QED) is 0.420.